The van der Waals surface area contributed by atoms with E-state index >= 15 is 0 Å². The van der Waals surface area contributed by atoms with Gasteiger partial charge in [-0.2, -0.15) is 0 Å². The fourth-order valence-electron chi connectivity index (χ4n) is 1.47. The van der Waals surface area contributed by atoms with Crippen molar-refractivity contribution in [3.63, 3.8) is 0 Å². The minimum Gasteiger partial charge on any atom is -0.361 e. The van der Waals surface area contributed by atoms with E-state index in [1.165, 1.54) is 12.1 Å². The van der Waals surface area contributed by atoms with E-state index in [4.69, 9.17) is 10.3 Å². The van der Waals surface area contributed by atoms with Gasteiger partial charge in [0.05, 0.1) is 0 Å². The van der Waals surface area contributed by atoms with Gasteiger partial charge in [-0.3, -0.25) is 0 Å². The molecule has 2 rings (SSSR count). The Morgan fingerprint density at radius 3 is 2.50 bits per heavy atom. The molecule has 86 valence electrons. The van der Waals surface area contributed by atoms with Crippen molar-refractivity contribution in [1.29, 1.82) is 0 Å². The van der Waals surface area contributed by atoms with Crippen molar-refractivity contribution in [3.05, 3.63) is 41.4 Å². The molecule has 0 spiro atoms. The summed E-state index contributed by atoms with van der Waals surface area (Å²) in [5.74, 6) is 0.435. The molecule has 0 fully saturated rings. The van der Waals surface area contributed by atoms with Crippen LogP contribution >= 0.6 is 12.4 Å². The van der Waals surface area contributed by atoms with E-state index in [2.05, 4.69) is 5.16 Å². The Balaban J connectivity index is 0.00000128. The first-order chi connectivity index (χ1) is 7.22. The first-order valence-corrected chi connectivity index (χ1v) is 4.63. The number of hydrogen-bond acceptors (Lipinski definition) is 3. The molecule has 0 radical (unpaired) electrons. The predicted molar refractivity (Wildman–Crippen MR) is 61.8 cm³/mol. The fourth-order valence-corrected chi connectivity index (χ4v) is 1.47. The third-order valence-electron chi connectivity index (χ3n) is 2.31. The molecule has 0 bridgehead atoms. The lowest BCUT2D eigenvalue weighted by atomic mass is 10.1. The number of benzene rings is 1. The van der Waals surface area contributed by atoms with Gasteiger partial charge < -0.3 is 10.3 Å². The molecule has 0 saturated heterocycles. The van der Waals surface area contributed by atoms with Crippen molar-refractivity contribution in [2.45, 2.75) is 13.5 Å². The van der Waals surface area contributed by atoms with Gasteiger partial charge in [0.25, 0.3) is 0 Å². The molecule has 5 heteroatoms. The highest BCUT2D eigenvalue weighted by atomic mass is 35.5. The molecule has 0 amide bonds. The Morgan fingerprint density at radius 1 is 1.31 bits per heavy atom. The third kappa shape index (κ3) is 2.23. The van der Waals surface area contributed by atoms with Crippen molar-refractivity contribution in [3.8, 4) is 11.3 Å². The van der Waals surface area contributed by atoms with Crippen LogP contribution in [0.25, 0.3) is 11.3 Å². The van der Waals surface area contributed by atoms with Crippen LogP contribution in [-0.4, -0.2) is 5.16 Å². The average Bonchev–Trinajstić information content (AvgIpc) is 2.61. The van der Waals surface area contributed by atoms with Gasteiger partial charge >= 0.3 is 0 Å². The first-order valence-electron chi connectivity index (χ1n) is 4.63. The number of nitrogens with zero attached hydrogens (tertiary/aromatic N) is 1. The number of nitrogens with two attached hydrogens (primary N) is 1. The Hall–Kier alpha value is -1.39. The lowest BCUT2D eigenvalue weighted by molar-refractivity contribution is 0.398. The highest BCUT2D eigenvalue weighted by Gasteiger charge is 2.12. The van der Waals surface area contributed by atoms with Crippen LogP contribution in [0.2, 0.25) is 0 Å². The normalized spacial score (nSPS) is 9.94. The first kappa shape index (κ1) is 12.7. The van der Waals surface area contributed by atoms with Crippen LogP contribution in [0, 0.1) is 12.7 Å². The molecule has 0 saturated carbocycles. The highest BCUT2D eigenvalue weighted by Crippen LogP contribution is 2.24. The molecule has 1 heterocycles. The molecule has 0 aliphatic heterocycles. The summed E-state index contributed by atoms with van der Waals surface area (Å²) >= 11 is 0. The van der Waals surface area contributed by atoms with Gasteiger partial charge in [-0.15, -0.1) is 12.4 Å². The van der Waals surface area contributed by atoms with Crippen LogP contribution in [-0.2, 0) is 6.54 Å². The summed E-state index contributed by atoms with van der Waals surface area (Å²) in [6.07, 6.45) is 0. The molecule has 0 unspecified atom stereocenters. The molecule has 1 aromatic carbocycles. The van der Waals surface area contributed by atoms with E-state index < -0.39 is 0 Å². The summed E-state index contributed by atoms with van der Waals surface area (Å²) in [5, 5.41) is 3.91. The molecule has 0 aliphatic rings. The zero-order valence-corrected chi connectivity index (χ0v) is 9.55. The largest absolute Gasteiger partial charge is 0.361 e. The maximum absolute atomic E-state index is 12.7. The van der Waals surface area contributed by atoms with Crippen molar-refractivity contribution in [2.24, 2.45) is 5.73 Å². The molecule has 2 N–H and O–H groups in total. The number of aromatic nitrogens is 1. The van der Waals surface area contributed by atoms with E-state index in [-0.39, 0.29) is 18.2 Å². The van der Waals surface area contributed by atoms with Gasteiger partial charge in [0.1, 0.15) is 17.3 Å². The van der Waals surface area contributed by atoms with E-state index in [9.17, 15) is 4.39 Å². The van der Waals surface area contributed by atoms with Gasteiger partial charge in [-0.25, -0.2) is 4.39 Å². The van der Waals surface area contributed by atoms with Gasteiger partial charge in [-0.1, -0.05) is 5.16 Å². The molecule has 16 heavy (non-hydrogen) atoms. The van der Waals surface area contributed by atoms with Crippen LogP contribution in [0.5, 0.6) is 0 Å². The average molecular weight is 243 g/mol. The minimum atomic E-state index is -0.270. The predicted octanol–water partition coefficient (Wildman–Crippen LogP) is 2.67. The van der Waals surface area contributed by atoms with E-state index in [0.717, 1.165) is 11.1 Å². The standard InChI is InChI=1S/C11H11FN2O.ClH/c1-7-10(6-13)11(14-15-7)8-2-4-9(12)5-3-8;/h2-5H,6,13H2,1H3;1H. The van der Waals surface area contributed by atoms with E-state index in [1.54, 1.807) is 12.1 Å². The minimum absolute atomic E-state index is 0. The van der Waals surface area contributed by atoms with Crippen LogP contribution < -0.4 is 5.73 Å². The molecular formula is C11H12ClFN2O. The SMILES string of the molecule is Cc1onc(-c2ccc(F)cc2)c1CN.Cl. The maximum atomic E-state index is 12.7. The van der Waals surface area contributed by atoms with Gasteiger partial charge in [0.2, 0.25) is 0 Å². The Labute approximate surface area is 98.8 Å². The second-order valence-corrected chi connectivity index (χ2v) is 3.28. The Bertz CT molecular complexity index is 467. The molecular weight excluding hydrogens is 231 g/mol. The molecule has 0 atom stereocenters. The maximum Gasteiger partial charge on any atom is 0.138 e. The number of halogens is 2. The van der Waals surface area contributed by atoms with Gasteiger partial charge in [0, 0.05) is 17.7 Å². The van der Waals surface area contributed by atoms with Crippen LogP contribution in [0.1, 0.15) is 11.3 Å². The van der Waals surface area contributed by atoms with Crippen molar-refractivity contribution >= 4 is 12.4 Å². The van der Waals surface area contributed by atoms with E-state index in [1.807, 2.05) is 6.92 Å². The van der Waals surface area contributed by atoms with Crippen molar-refractivity contribution in [1.82, 2.24) is 5.16 Å². The van der Waals surface area contributed by atoms with Gasteiger partial charge in [-0.05, 0) is 31.2 Å². The van der Waals surface area contributed by atoms with Crippen LogP contribution in [0.15, 0.2) is 28.8 Å². The van der Waals surface area contributed by atoms with E-state index in [0.29, 0.717) is 18.0 Å². The fraction of sp³-hybridized carbons (Fsp3) is 0.182. The Morgan fingerprint density at radius 2 is 1.94 bits per heavy atom. The lowest BCUT2D eigenvalue weighted by Crippen LogP contribution is -1.98. The quantitative estimate of drug-likeness (QED) is 0.881. The smallest absolute Gasteiger partial charge is 0.138 e. The molecule has 0 aliphatic carbocycles. The summed E-state index contributed by atoms with van der Waals surface area (Å²) in [6, 6.07) is 6.09. The number of rotatable bonds is 2. The summed E-state index contributed by atoms with van der Waals surface area (Å²) < 4.78 is 17.8. The number of hydrogen-bond donors (Lipinski definition) is 1. The summed E-state index contributed by atoms with van der Waals surface area (Å²) in [7, 11) is 0. The van der Waals surface area contributed by atoms with Crippen LogP contribution in [0.4, 0.5) is 4.39 Å². The van der Waals surface area contributed by atoms with Crippen molar-refractivity contribution in [2.75, 3.05) is 0 Å². The lowest BCUT2D eigenvalue weighted by Gasteiger charge is -1.98. The highest BCUT2D eigenvalue weighted by molar-refractivity contribution is 5.85. The Kier molecular flexibility index (Phi) is 4.04. The number of aryl methyl sites for hydroxylation is 1. The second kappa shape index (κ2) is 5.09. The topological polar surface area (TPSA) is 52.0 Å². The second-order valence-electron chi connectivity index (χ2n) is 3.28. The third-order valence-corrected chi connectivity index (χ3v) is 2.31. The van der Waals surface area contributed by atoms with Crippen LogP contribution in [0.3, 0.4) is 0 Å². The zero-order chi connectivity index (χ0) is 10.8. The summed E-state index contributed by atoms with van der Waals surface area (Å²) in [5.41, 5.74) is 7.96. The van der Waals surface area contributed by atoms with Gasteiger partial charge in [0.15, 0.2) is 0 Å². The molecule has 3 nitrogen and oxygen atoms in total. The zero-order valence-electron chi connectivity index (χ0n) is 8.74. The molecule has 1 aromatic heterocycles. The molecule has 2 aromatic rings. The summed E-state index contributed by atoms with van der Waals surface area (Å²) in [4.78, 5) is 0. The summed E-state index contributed by atoms with van der Waals surface area (Å²) in [6.45, 7) is 2.17. The van der Waals surface area contributed by atoms with Crippen molar-refractivity contribution < 1.29 is 8.91 Å². The monoisotopic (exact) mass is 242 g/mol.